The molecule has 0 aliphatic heterocycles. The molecular weight excluding hydrogens is 258 g/mol. The fraction of sp³-hybridized carbons (Fsp3) is 0.625. The number of hydrogen-bond acceptors (Lipinski definition) is 2. The zero-order valence-electron chi connectivity index (χ0n) is 12.5. The third kappa shape index (κ3) is 4.39. The first-order valence-corrected chi connectivity index (χ1v) is 7.57. The van der Waals surface area contributed by atoms with Crippen LogP contribution < -0.4 is 4.90 Å². The Balaban J connectivity index is 3.09. The third-order valence-electron chi connectivity index (χ3n) is 3.45. The van der Waals surface area contributed by atoms with Gasteiger partial charge >= 0.3 is 0 Å². The van der Waals surface area contributed by atoms with Crippen LogP contribution in [0.1, 0.15) is 46.1 Å². The summed E-state index contributed by atoms with van der Waals surface area (Å²) < 4.78 is 0. The van der Waals surface area contributed by atoms with Gasteiger partial charge in [-0.3, -0.25) is 0 Å². The molecule has 1 N–H and O–H groups in total. The number of hydrogen-bond donors (Lipinski definition) is 1. The predicted molar refractivity (Wildman–Crippen MR) is 83.9 cm³/mol. The number of aliphatic hydroxyl groups excluding tert-OH is 1. The van der Waals surface area contributed by atoms with E-state index < -0.39 is 0 Å². The van der Waals surface area contributed by atoms with Crippen LogP contribution in [0.5, 0.6) is 0 Å². The van der Waals surface area contributed by atoms with Crippen LogP contribution in [0.2, 0.25) is 5.02 Å². The Kier molecular flexibility index (Phi) is 6.67. The van der Waals surface area contributed by atoms with E-state index in [4.69, 9.17) is 16.7 Å². The van der Waals surface area contributed by atoms with Gasteiger partial charge in [0.1, 0.15) is 0 Å². The first kappa shape index (κ1) is 16.3. The SMILES string of the molecule is CCC(CC)N(CC(C)C)c1ccc(CO)cc1Cl. The summed E-state index contributed by atoms with van der Waals surface area (Å²) in [5, 5.41) is 9.90. The summed E-state index contributed by atoms with van der Waals surface area (Å²) in [5.74, 6) is 0.592. The molecule has 1 rings (SSSR count). The summed E-state index contributed by atoms with van der Waals surface area (Å²) >= 11 is 6.39. The lowest BCUT2D eigenvalue weighted by Gasteiger charge is -2.35. The fourth-order valence-corrected chi connectivity index (χ4v) is 2.76. The highest BCUT2D eigenvalue weighted by atomic mass is 35.5. The molecule has 0 aromatic heterocycles. The lowest BCUT2D eigenvalue weighted by Crippen LogP contribution is -2.37. The van der Waals surface area contributed by atoms with Crippen molar-refractivity contribution in [3.05, 3.63) is 28.8 Å². The van der Waals surface area contributed by atoms with Crippen LogP contribution in [0.25, 0.3) is 0 Å². The minimum absolute atomic E-state index is 0.0369. The molecule has 0 bridgehead atoms. The minimum Gasteiger partial charge on any atom is -0.392 e. The van der Waals surface area contributed by atoms with Crippen molar-refractivity contribution in [2.45, 2.75) is 53.2 Å². The molecule has 0 heterocycles. The van der Waals surface area contributed by atoms with Crippen molar-refractivity contribution in [1.29, 1.82) is 0 Å². The van der Waals surface area contributed by atoms with Gasteiger partial charge in [-0.25, -0.2) is 0 Å². The van der Waals surface area contributed by atoms with Crippen LogP contribution in [0.4, 0.5) is 5.69 Å². The molecule has 0 spiro atoms. The van der Waals surface area contributed by atoms with E-state index in [1.54, 1.807) is 0 Å². The van der Waals surface area contributed by atoms with Crippen molar-refractivity contribution < 1.29 is 5.11 Å². The highest BCUT2D eigenvalue weighted by Crippen LogP contribution is 2.30. The summed E-state index contributed by atoms with van der Waals surface area (Å²) in [6.07, 6.45) is 2.22. The molecule has 0 amide bonds. The number of halogens is 1. The van der Waals surface area contributed by atoms with Gasteiger partial charge in [0.25, 0.3) is 0 Å². The van der Waals surface area contributed by atoms with Gasteiger partial charge in [-0.2, -0.15) is 0 Å². The van der Waals surface area contributed by atoms with Gasteiger partial charge in [0.2, 0.25) is 0 Å². The van der Waals surface area contributed by atoms with Crippen molar-refractivity contribution in [3.8, 4) is 0 Å². The van der Waals surface area contributed by atoms with E-state index in [1.165, 1.54) is 0 Å². The molecule has 19 heavy (non-hydrogen) atoms. The van der Waals surface area contributed by atoms with E-state index in [1.807, 2.05) is 18.2 Å². The van der Waals surface area contributed by atoms with Gasteiger partial charge < -0.3 is 10.0 Å². The van der Waals surface area contributed by atoms with E-state index in [9.17, 15) is 0 Å². The minimum atomic E-state index is 0.0369. The van der Waals surface area contributed by atoms with Crippen LogP contribution in [-0.4, -0.2) is 17.7 Å². The van der Waals surface area contributed by atoms with Crippen molar-refractivity contribution in [2.75, 3.05) is 11.4 Å². The highest BCUT2D eigenvalue weighted by molar-refractivity contribution is 6.33. The second-order valence-corrected chi connectivity index (χ2v) is 5.87. The first-order chi connectivity index (χ1) is 9.03. The van der Waals surface area contributed by atoms with Crippen LogP contribution in [0, 0.1) is 5.92 Å². The second kappa shape index (κ2) is 7.76. The normalized spacial score (nSPS) is 11.4. The van der Waals surface area contributed by atoms with Crippen LogP contribution >= 0.6 is 11.6 Å². The molecule has 0 aliphatic rings. The molecule has 0 unspecified atom stereocenters. The Labute approximate surface area is 122 Å². The molecule has 3 heteroatoms. The molecule has 0 radical (unpaired) electrons. The van der Waals surface area contributed by atoms with Crippen molar-refractivity contribution in [3.63, 3.8) is 0 Å². The van der Waals surface area contributed by atoms with Gasteiger partial charge in [0.05, 0.1) is 17.3 Å². The third-order valence-corrected chi connectivity index (χ3v) is 3.75. The van der Waals surface area contributed by atoms with E-state index in [0.29, 0.717) is 12.0 Å². The monoisotopic (exact) mass is 283 g/mol. The number of rotatable bonds is 7. The molecule has 0 aliphatic carbocycles. The lowest BCUT2D eigenvalue weighted by molar-refractivity contribution is 0.282. The van der Waals surface area contributed by atoms with Crippen molar-refractivity contribution >= 4 is 17.3 Å². The average molecular weight is 284 g/mol. The van der Waals surface area contributed by atoms with Gasteiger partial charge in [-0.15, -0.1) is 0 Å². The van der Waals surface area contributed by atoms with E-state index in [0.717, 1.165) is 35.7 Å². The molecule has 0 saturated carbocycles. The van der Waals surface area contributed by atoms with Gasteiger partial charge in [-0.1, -0.05) is 45.4 Å². The lowest BCUT2D eigenvalue weighted by atomic mass is 10.1. The number of anilines is 1. The standard InChI is InChI=1S/C16H26ClNO/c1-5-14(6-2)18(10-12(3)4)16-8-7-13(11-19)9-15(16)17/h7-9,12,14,19H,5-6,10-11H2,1-4H3. The highest BCUT2D eigenvalue weighted by Gasteiger charge is 2.19. The molecular formula is C16H26ClNO. The largest absolute Gasteiger partial charge is 0.392 e. The van der Waals surface area contributed by atoms with E-state index in [2.05, 4.69) is 32.6 Å². The van der Waals surface area contributed by atoms with E-state index in [-0.39, 0.29) is 6.61 Å². The Morgan fingerprint density at radius 3 is 2.26 bits per heavy atom. The first-order valence-electron chi connectivity index (χ1n) is 7.19. The zero-order chi connectivity index (χ0) is 14.4. The van der Waals surface area contributed by atoms with Crippen molar-refractivity contribution in [1.82, 2.24) is 0 Å². The molecule has 0 atom stereocenters. The van der Waals surface area contributed by atoms with Gasteiger partial charge in [0, 0.05) is 12.6 Å². The summed E-state index contributed by atoms with van der Waals surface area (Å²) in [5.41, 5.74) is 1.95. The summed E-state index contributed by atoms with van der Waals surface area (Å²) in [6, 6.07) is 6.37. The van der Waals surface area contributed by atoms with Crippen LogP contribution in [-0.2, 0) is 6.61 Å². The fourth-order valence-electron chi connectivity index (χ4n) is 2.45. The van der Waals surface area contributed by atoms with E-state index >= 15 is 0 Å². The molecule has 0 saturated heterocycles. The maximum Gasteiger partial charge on any atom is 0.0682 e. The number of benzene rings is 1. The van der Waals surface area contributed by atoms with Gasteiger partial charge in [0.15, 0.2) is 0 Å². The average Bonchev–Trinajstić information content (AvgIpc) is 2.38. The number of nitrogens with zero attached hydrogens (tertiary/aromatic N) is 1. The maximum atomic E-state index is 9.17. The van der Waals surface area contributed by atoms with Gasteiger partial charge in [-0.05, 0) is 36.5 Å². The molecule has 0 fully saturated rings. The van der Waals surface area contributed by atoms with Crippen LogP contribution in [0.15, 0.2) is 18.2 Å². The molecule has 1 aromatic rings. The second-order valence-electron chi connectivity index (χ2n) is 5.46. The Hall–Kier alpha value is -0.730. The summed E-state index contributed by atoms with van der Waals surface area (Å²) in [6.45, 7) is 9.94. The smallest absolute Gasteiger partial charge is 0.0682 e. The molecule has 2 nitrogen and oxygen atoms in total. The Bertz CT molecular complexity index is 388. The quantitative estimate of drug-likeness (QED) is 0.797. The summed E-state index contributed by atoms with van der Waals surface area (Å²) in [4.78, 5) is 2.41. The maximum absolute atomic E-state index is 9.17. The topological polar surface area (TPSA) is 23.5 Å². The number of aliphatic hydroxyl groups is 1. The van der Waals surface area contributed by atoms with Crippen molar-refractivity contribution in [2.24, 2.45) is 5.92 Å². The summed E-state index contributed by atoms with van der Waals surface area (Å²) in [7, 11) is 0. The Morgan fingerprint density at radius 1 is 1.21 bits per heavy atom. The molecule has 108 valence electrons. The van der Waals surface area contributed by atoms with Crippen LogP contribution in [0.3, 0.4) is 0 Å². The molecule has 1 aromatic carbocycles. The Morgan fingerprint density at radius 2 is 1.84 bits per heavy atom. The predicted octanol–water partition coefficient (Wildman–Crippen LogP) is 4.48. The zero-order valence-corrected chi connectivity index (χ0v) is 13.2.